The maximum atomic E-state index is 15.1. The molecule has 6 rings (SSSR count). The van der Waals surface area contributed by atoms with Crippen LogP contribution in [0.2, 0.25) is 0 Å². The van der Waals surface area contributed by atoms with E-state index in [1.807, 2.05) is 19.1 Å². The first-order chi connectivity index (χ1) is 18.2. The molecule has 0 unspecified atom stereocenters. The van der Waals surface area contributed by atoms with Gasteiger partial charge in [0.1, 0.15) is 18.1 Å². The fraction of sp³-hybridized carbons (Fsp3) is 0.667. The van der Waals surface area contributed by atoms with Gasteiger partial charge < -0.3 is 20.9 Å². The largest absolute Gasteiger partial charge is 0.372 e. The lowest BCUT2D eigenvalue weighted by molar-refractivity contribution is -0.194. The zero-order chi connectivity index (χ0) is 27.0. The number of fused-ring (bicyclic) bond motifs is 3. The van der Waals surface area contributed by atoms with Gasteiger partial charge in [0.15, 0.2) is 0 Å². The molecule has 4 heterocycles. The molecule has 38 heavy (non-hydrogen) atoms. The molecule has 3 aliphatic heterocycles. The summed E-state index contributed by atoms with van der Waals surface area (Å²) in [6.07, 6.45) is 6.59. The molecule has 3 amide bonds. The third kappa shape index (κ3) is 5.45. The summed E-state index contributed by atoms with van der Waals surface area (Å²) in [6.45, 7) is 2.39. The number of aryl methyl sites for hydroxylation is 1. The Morgan fingerprint density at radius 2 is 2.03 bits per heavy atom. The third-order valence-corrected chi connectivity index (χ3v) is 8.39. The summed E-state index contributed by atoms with van der Waals surface area (Å²) in [7, 11) is 0. The molecular weight excluding hydrogens is 494 g/mol. The van der Waals surface area contributed by atoms with Crippen molar-refractivity contribution in [2.24, 2.45) is 17.8 Å². The van der Waals surface area contributed by atoms with Crippen molar-refractivity contribution < 1.29 is 23.2 Å². The summed E-state index contributed by atoms with van der Waals surface area (Å²) >= 11 is 0. The quantitative estimate of drug-likeness (QED) is 0.452. The Bertz CT molecular complexity index is 1140. The minimum Gasteiger partial charge on any atom is -0.372 e. The van der Waals surface area contributed by atoms with Gasteiger partial charge in [0.05, 0.1) is 17.7 Å². The Hall–Kier alpha value is -3.29. The number of pyridine rings is 1. The van der Waals surface area contributed by atoms with Crippen LogP contribution in [0.4, 0.5) is 14.5 Å². The molecule has 0 spiro atoms. The van der Waals surface area contributed by atoms with E-state index >= 15 is 8.78 Å². The average molecular weight is 529 g/mol. The SMILES string of the molecule is Cc1cncc(N[C@@H](CC2CC2)C(=O)N2[C@H]3CC[C@@H]([C@H]2C(=O)N[C@H](C#N)C[C@@H]2CCNC2=O)C(F)(F)C3)c1. The summed E-state index contributed by atoms with van der Waals surface area (Å²) in [6, 6.07) is 0.0408. The third-order valence-electron chi connectivity index (χ3n) is 8.39. The lowest BCUT2D eigenvalue weighted by atomic mass is 9.71. The number of nitriles is 1. The minimum atomic E-state index is -3.09. The van der Waals surface area contributed by atoms with E-state index in [0.717, 1.165) is 18.4 Å². The summed E-state index contributed by atoms with van der Waals surface area (Å²) in [4.78, 5) is 45.1. The second-order valence-electron chi connectivity index (χ2n) is 11.3. The smallest absolute Gasteiger partial charge is 0.255 e. The van der Waals surface area contributed by atoms with Crippen LogP contribution >= 0.6 is 0 Å². The van der Waals surface area contributed by atoms with Crippen LogP contribution in [0.25, 0.3) is 0 Å². The van der Waals surface area contributed by atoms with E-state index in [4.69, 9.17) is 0 Å². The molecule has 2 saturated carbocycles. The number of hydrogen-bond donors (Lipinski definition) is 3. The van der Waals surface area contributed by atoms with E-state index in [1.165, 1.54) is 4.90 Å². The van der Waals surface area contributed by atoms with Crippen LogP contribution in [0.3, 0.4) is 0 Å². The van der Waals surface area contributed by atoms with Crippen LogP contribution in [-0.4, -0.2) is 64.2 Å². The van der Waals surface area contributed by atoms with Crippen LogP contribution in [0, 0.1) is 36.0 Å². The zero-order valence-corrected chi connectivity index (χ0v) is 21.5. The van der Waals surface area contributed by atoms with Gasteiger partial charge >= 0.3 is 0 Å². The Balaban J connectivity index is 1.38. The number of nitrogens with zero attached hydrogens (tertiary/aromatic N) is 3. The van der Waals surface area contributed by atoms with E-state index in [9.17, 15) is 19.6 Å². The van der Waals surface area contributed by atoms with E-state index in [0.29, 0.717) is 37.4 Å². The Kier molecular flexibility index (Phi) is 7.25. The Labute approximate surface area is 220 Å². The molecule has 6 atom stereocenters. The van der Waals surface area contributed by atoms with Crippen molar-refractivity contribution in [3.63, 3.8) is 0 Å². The molecular formula is C27H34F2N6O3. The van der Waals surface area contributed by atoms with Crippen molar-refractivity contribution in [2.75, 3.05) is 11.9 Å². The molecule has 0 aromatic carbocycles. The highest BCUT2D eigenvalue weighted by Gasteiger charge is 2.61. The molecule has 5 aliphatic rings. The number of aromatic nitrogens is 1. The van der Waals surface area contributed by atoms with E-state index in [2.05, 4.69) is 20.9 Å². The maximum absolute atomic E-state index is 15.1. The molecule has 2 aliphatic carbocycles. The fourth-order valence-electron chi connectivity index (χ4n) is 6.30. The second kappa shape index (κ2) is 10.5. The highest BCUT2D eigenvalue weighted by Crippen LogP contribution is 2.49. The van der Waals surface area contributed by atoms with E-state index in [-0.39, 0.29) is 24.7 Å². The summed E-state index contributed by atoms with van der Waals surface area (Å²) in [5.41, 5.74) is 1.58. The molecule has 0 radical (unpaired) electrons. The van der Waals surface area contributed by atoms with Crippen LogP contribution in [-0.2, 0) is 14.4 Å². The number of amides is 3. The summed E-state index contributed by atoms with van der Waals surface area (Å²) < 4.78 is 30.2. The normalized spacial score (nSPS) is 29.2. The second-order valence-corrected chi connectivity index (χ2v) is 11.3. The maximum Gasteiger partial charge on any atom is 0.255 e. The standard InChI is InChI=1S/C27H34F2N6O3/c1-15-8-19(14-31-13-15)33-22(9-16-2-3-16)26(38)35-20-4-5-21(27(28,29)11-20)23(35)25(37)34-18(12-30)10-17-6-7-32-24(17)36/h8,13-14,16-18,20-23,33H,2-7,9-11H2,1H3,(H,32,36)(H,34,37)/t17-,18-,20-,21-,22-,23-/m0/s1. The number of piperidine rings is 2. The molecule has 3 saturated heterocycles. The predicted octanol–water partition coefficient (Wildman–Crippen LogP) is 2.52. The van der Waals surface area contributed by atoms with E-state index in [1.54, 1.807) is 12.4 Å². The molecule has 1 aromatic rings. The van der Waals surface area contributed by atoms with Crippen molar-refractivity contribution in [1.29, 1.82) is 5.26 Å². The molecule has 1 aromatic heterocycles. The van der Waals surface area contributed by atoms with Gasteiger partial charge in [-0.1, -0.05) is 12.8 Å². The Morgan fingerprint density at radius 1 is 1.24 bits per heavy atom. The van der Waals surface area contributed by atoms with Crippen molar-refractivity contribution in [1.82, 2.24) is 20.5 Å². The van der Waals surface area contributed by atoms with Crippen molar-refractivity contribution in [3.8, 4) is 6.07 Å². The zero-order valence-electron chi connectivity index (χ0n) is 21.5. The van der Waals surface area contributed by atoms with Crippen LogP contribution in [0.15, 0.2) is 18.5 Å². The molecule has 5 fully saturated rings. The Morgan fingerprint density at radius 3 is 2.66 bits per heavy atom. The van der Waals surface area contributed by atoms with Gasteiger partial charge in [-0.25, -0.2) is 8.78 Å². The molecule has 2 bridgehead atoms. The van der Waals surface area contributed by atoms with Crippen molar-refractivity contribution >= 4 is 23.4 Å². The van der Waals surface area contributed by atoms with Gasteiger partial charge in [-0.15, -0.1) is 0 Å². The number of carbonyl (C=O) groups is 3. The van der Waals surface area contributed by atoms with Gasteiger partial charge in [0.2, 0.25) is 17.7 Å². The van der Waals surface area contributed by atoms with Gasteiger partial charge in [-0.3, -0.25) is 19.4 Å². The number of alkyl halides is 2. The fourth-order valence-corrected chi connectivity index (χ4v) is 6.30. The van der Waals surface area contributed by atoms with Crippen LogP contribution in [0.1, 0.15) is 56.9 Å². The molecule has 204 valence electrons. The highest BCUT2D eigenvalue weighted by atomic mass is 19.3. The van der Waals surface area contributed by atoms with Gasteiger partial charge in [0, 0.05) is 37.3 Å². The van der Waals surface area contributed by atoms with Gasteiger partial charge in [0.25, 0.3) is 5.92 Å². The minimum absolute atomic E-state index is 0.103. The number of halogens is 2. The average Bonchev–Trinajstić information content (AvgIpc) is 3.61. The van der Waals surface area contributed by atoms with Crippen molar-refractivity contribution in [2.45, 2.75) is 88.4 Å². The summed E-state index contributed by atoms with van der Waals surface area (Å²) in [5.74, 6) is -5.77. The number of carbonyl (C=O) groups excluding carboxylic acids is 3. The highest BCUT2D eigenvalue weighted by molar-refractivity contribution is 5.92. The van der Waals surface area contributed by atoms with E-state index < -0.39 is 54.3 Å². The van der Waals surface area contributed by atoms with Gasteiger partial charge in [-0.2, -0.15) is 5.26 Å². The topological polar surface area (TPSA) is 127 Å². The molecule has 3 N–H and O–H groups in total. The first kappa shape index (κ1) is 26.3. The number of hydrogen-bond acceptors (Lipinski definition) is 6. The van der Waals surface area contributed by atoms with Gasteiger partial charge in [-0.05, 0) is 56.6 Å². The summed E-state index contributed by atoms with van der Waals surface area (Å²) in [5, 5.41) is 18.2. The van der Waals surface area contributed by atoms with Crippen molar-refractivity contribution in [3.05, 3.63) is 24.0 Å². The first-order valence-corrected chi connectivity index (χ1v) is 13.5. The number of nitrogens with one attached hydrogen (secondary N) is 3. The first-order valence-electron chi connectivity index (χ1n) is 13.5. The molecule has 9 nitrogen and oxygen atoms in total. The van der Waals surface area contributed by atoms with Crippen LogP contribution in [0.5, 0.6) is 0 Å². The lowest BCUT2D eigenvalue weighted by Gasteiger charge is -2.54. The predicted molar refractivity (Wildman–Crippen MR) is 134 cm³/mol. The molecule has 11 heteroatoms. The van der Waals surface area contributed by atoms with Crippen LogP contribution < -0.4 is 16.0 Å². The number of rotatable bonds is 9. The number of anilines is 1. The monoisotopic (exact) mass is 528 g/mol. The lowest BCUT2D eigenvalue weighted by Crippen LogP contribution is -2.70.